The molecule has 2 unspecified atom stereocenters. The molecule has 1 aromatic heterocycles. The SMILES string of the molecule is CC(=O)c1c[nH]c(C(=O)NC2CCCCC2O)c1. The van der Waals surface area contributed by atoms with Gasteiger partial charge in [0.05, 0.1) is 12.1 Å². The van der Waals surface area contributed by atoms with Gasteiger partial charge in [-0.05, 0) is 25.8 Å². The molecular formula is C13H18N2O3. The highest BCUT2D eigenvalue weighted by Crippen LogP contribution is 2.18. The summed E-state index contributed by atoms with van der Waals surface area (Å²) in [7, 11) is 0. The molecule has 1 saturated carbocycles. The summed E-state index contributed by atoms with van der Waals surface area (Å²) in [6.45, 7) is 1.45. The second-order valence-corrected chi connectivity index (χ2v) is 4.79. The van der Waals surface area contributed by atoms with E-state index >= 15 is 0 Å². The molecule has 0 aromatic carbocycles. The number of Topliss-reactive ketones (excluding diaryl/α,β-unsaturated/α-hetero) is 1. The van der Waals surface area contributed by atoms with E-state index in [4.69, 9.17) is 0 Å². The number of aliphatic hydroxyl groups excluding tert-OH is 1. The van der Waals surface area contributed by atoms with Crippen molar-refractivity contribution < 1.29 is 14.7 Å². The van der Waals surface area contributed by atoms with Crippen molar-refractivity contribution >= 4 is 11.7 Å². The minimum atomic E-state index is -0.468. The minimum absolute atomic E-state index is 0.0806. The van der Waals surface area contributed by atoms with Crippen molar-refractivity contribution in [1.82, 2.24) is 10.3 Å². The average molecular weight is 250 g/mol. The van der Waals surface area contributed by atoms with Crippen LogP contribution in [0, 0.1) is 0 Å². The second kappa shape index (κ2) is 5.35. The summed E-state index contributed by atoms with van der Waals surface area (Å²) < 4.78 is 0. The first-order valence-electron chi connectivity index (χ1n) is 6.26. The van der Waals surface area contributed by atoms with Crippen LogP contribution >= 0.6 is 0 Å². The van der Waals surface area contributed by atoms with E-state index < -0.39 is 6.10 Å². The molecule has 1 amide bonds. The number of hydrogen-bond donors (Lipinski definition) is 3. The first-order valence-corrected chi connectivity index (χ1v) is 6.26. The van der Waals surface area contributed by atoms with E-state index in [0.29, 0.717) is 11.3 Å². The average Bonchev–Trinajstić information content (AvgIpc) is 2.81. The van der Waals surface area contributed by atoms with Gasteiger partial charge < -0.3 is 15.4 Å². The van der Waals surface area contributed by atoms with Crippen LogP contribution in [0.4, 0.5) is 0 Å². The van der Waals surface area contributed by atoms with Gasteiger partial charge in [-0.2, -0.15) is 0 Å². The Balaban J connectivity index is 2.00. The molecule has 1 aliphatic rings. The van der Waals surface area contributed by atoms with Crippen LogP contribution in [0.15, 0.2) is 12.3 Å². The Hall–Kier alpha value is -1.62. The summed E-state index contributed by atoms with van der Waals surface area (Å²) in [5.41, 5.74) is 0.849. The summed E-state index contributed by atoms with van der Waals surface area (Å²) in [6, 6.07) is 1.35. The molecule has 98 valence electrons. The van der Waals surface area contributed by atoms with Gasteiger partial charge in [0.15, 0.2) is 5.78 Å². The summed E-state index contributed by atoms with van der Waals surface area (Å²) >= 11 is 0. The molecule has 5 nitrogen and oxygen atoms in total. The molecule has 3 N–H and O–H groups in total. The van der Waals surface area contributed by atoms with Crippen LogP contribution in [0.1, 0.15) is 53.5 Å². The number of aliphatic hydroxyl groups is 1. The third-order valence-electron chi connectivity index (χ3n) is 3.38. The zero-order valence-corrected chi connectivity index (χ0v) is 10.4. The Morgan fingerprint density at radius 2 is 2.11 bits per heavy atom. The normalized spacial score (nSPS) is 23.7. The van der Waals surface area contributed by atoms with Gasteiger partial charge in [0.25, 0.3) is 5.91 Å². The predicted molar refractivity (Wildman–Crippen MR) is 66.5 cm³/mol. The number of H-pyrrole nitrogens is 1. The van der Waals surface area contributed by atoms with Gasteiger partial charge in [-0.15, -0.1) is 0 Å². The molecule has 0 radical (unpaired) electrons. The van der Waals surface area contributed by atoms with Gasteiger partial charge in [-0.25, -0.2) is 0 Å². The lowest BCUT2D eigenvalue weighted by atomic mass is 9.92. The zero-order chi connectivity index (χ0) is 13.1. The van der Waals surface area contributed by atoms with Crippen LogP contribution in [-0.4, -0.2) is 33.9 Å². The number of aromatic amines is 1. The monoisotopic (exact) mass is 250 g/mol. The third-order valence-corrected chi connectivity index (χ3v) is 3.38. The number of carbonyl (C=O) groups is 2. The topological polar surface area (TPSA) is 82.2 Å². The number of carbonyl (C=O) groups excluding carboxylic acids is 2. The molecule has 2 atom stereocenters. The molecule has 1 aromatic rings. The highest BCUT2D eigenvalue weighted by molar-refractivity contribution is 5.99. The Morgan fingerprint density at radius 1 is 1.39 bits per heavy atom. The molecule has 0 bridgehead atoms. The predicted octanol–water partition coefficient (Wildman–Crippen LogP) is 1.25. The maximum absolute atomic E-state index is 11.9. The molecule has 2 rings (SSSR count). The number of aromatic nitrogens is 1. The smallest absolute Gasteiger partial charge is 0.268 e. The van der Waals surface area contributed by atoms with E-state index in [-0.39, 0.29) is 17.7 Å². The van der Waals surface area contributed by atoms with Gasteiger partial charge in [0.1, 0.15) is 5.69 Å². The van der Waals surface area contributed by atoms with Crippen molar-refractivity contribution in [2.75, 3.05) is 0 Å². The minimum Gasteiger partial charge on any atom is -0.391 e. The number of nitrogens with one attached hydrogen (secondary N) is 2. The summed E-state index contributed by atoms with van der Waals surface area (Å²) in [5, 5.41) is 12.6. The van der Waals surface area contributed by atoms with E-state index in [1.165, 1.54) is 19.2 Å². The van der Waals surface area contributed by atoms with Gasteiger partial charge in [-0.3, -0.25) is 9.59 Å². The molecule has 1 fully saturated rings. The van der Waals surface area contributed by atoms with Gasteiger partial charge in [-0.1, -0.05) is 12.8 Å². The highest BCUT2D eigenvalue weighted by atomic mass is 16.3. The summed E-state index contributed by atoms with van der Waals surface area (Å²) in [4.78, 5) is 25.8. The number of amides is 1. The number of rotatable bonds is 3. The lowest BCUT2D eigenvalue weighted by molar-refractivity contribution is 0.0714. The summed E-state index contributed by atoms with van der Waals surface area (Å²) in [6.07, 6.45) is 4.61. The fourth-order valence-corrected chi connectivity index (χ4v) is 2.25. The molecular weight excluding hydrogens is 232 g/mol. The van der Waals surface area contributed by atoms with E-state index in [1.807, 2.05) is 0 Å². The molecule has 0 spiro atoms. The molecule has 0 saturated heterocycles. The fraction of sp³-hybridized carbons (Fsp3) is 0.538. The van der Waals surface area contributed by atoms with Crippen LogP contribution in [0.25, 0.3) is 0 Å². The first kappa shape index (κ1) is 12.8. The largest absolute Gasteiger partial charge is 0.391 e. The van der Waals surface area contributed by atoms with Crippen molar-refractivity contribution in [1.29, 1.82) is 0 Å². The second-order valence-electron chi connectivity index (χ2n) is 4.79. The molecule has 18 heavy (non-hydrogen) atoms. The molecule has 0 aliphatic heterocycles. The van der Waals surface area contributed by atoms with Crippen LogP contribution in [0.2, 0.25) is 0 Å². The first-order chi connectivity index (χ1) is 8.58. The van der Waals surface area contributed by atoms with Crippen molar-refractivity contribution in [3.63, 3.8) is 0 Å². The van der Waals surface area contributed by atoms with Crippen molar-refractivity contribution in [3.05, 3.63) is 23.5 Å². The van der Waals surface area contributed by atoms with Crippen LogP contribution in [-0.2, 0) is 0 Å². The van der Waals surface area contributed by atoms with Crippen LogP contribution in [0.5, 0.6) is 0 Å². The lowest BCUT2D eigenvalue weighted by Crippen LogP contribution is -2.45. The number of ketones is 1. The standard InChI is InChI=1S/C13H18N2O3/c1-8(16)9-6-11(14-7-9)13(18)15-10-4-2-3-5-12(10)17/h6-7,10,12,14,17H,2-5H2,1H3,(H,15,18). The third kappa shape index (κ3) is 2.79. The van der Waals surface area contributed by atoms with Gasteiger partial charge in [0, 0.05) is 11.8 Å². The molecule has 5 heteroatoms. The Labute approximate surface area is 106 Å². The maximum Gasteiger partial charge on any atom is 0.268 e. The van der Waals surface area contributed by atoms with E-state index in [9.17, 15) is 14.7 Å². The Morgan fingerprint density at radius 3 is 2.72 bits per heavy atom. The van der Waals surface area contributed by atoms with E-state index in [0.717, 1.165) is 25.7 Å². The zero-order valence-electron chi connectivity index (χ0n) is 10.4. The highest BCUT2D eigenvalue weighted by Gasteiger charge is 2.25. The quantitative estimate of drug-likeness (QED) is 0.706. The lowest BCUT2D eigenvalue weighted by Gasteiger charge is -2.28. The van der Waals surface area contributed by atoms with Crippen LogP contribution < -0.4 is 5.32 Å². The molecule has 1 heterocycles. The van der Waals surface area contributed by atoms with E-state index in [2.05, 4.69) is 10.3 Å². The van der Waals surface area contributed by atoms with Crippen molar-refractivity contribution in [2.45, 2.75) is 44.8 Å². The Kier molecular flexibility index (Phi) is 3.81. The number of hydrogen-bond acceptors (Lipinski definition) is 3. The Bertz CT molecular complexity index is 453. The van der Waals surface area contributed by atoms with Crippen molar-refractivity contribution in [3.8, 4) is 0 Å². The fourth-order valence-electron chi connectivity index (χ4n) is 2.25. The maximum atomic E-state index is 11.9. The van der Waals surface area contributed by atoms with Crippen LogP contribution in [0.3, 0.4) is 0 Å². The van der Waals surface area contributed by atoms with Gasteiger partial charge in [0.2, 0.25) is 0 Å². The summed E-state index contributed by atoms with van der Waals surface area (Å²) in [5.74, 6) is -0.351. The molecule has 1 aliphatic carbocycles. The van der Waals surface area contributed by atoms with E-state index in [1.54, 1.807) is 0 Å². The van der Waals surface area contributed by atoms with Gasteiger partial charge >= 0.3 is 0 Å². The van der Waals surface area contributed by atoms with Crippen molar-refractivity contribution in [2.24, 2.45) is 0 Å².